The highest BCUT2D eigenvalue weighted by atomic mass is 16.1. The van der Waals surface area contributed by atoms with Gasteiger partial charge in [0.25, 0.3) is 0 Å². The van der Waals surface area contributed by atoms with E-state index in [4.69, 9.17) is 0 Å². The van der Waals surface area contributed by atoms with E-state index in [9.17, 15) is 9.59 Å². The monoisotopic (exact) mass is 200 g/mol. The minimum absolute atomic E-state index is 0.156. The highest BCUT2D eigenvalue weighted by Gasteiger charge is 2.29. The van der Waals surface area contributed by atoms with E-state index in [2.05, 4.69) is 19.7 Å². The molecule has 0 unspecified atom stereocenters. The Balaban J connectivity index is 3.49. The van der Waals surface area contributed by atoms with Crippen LogP contribution in [0.1, 0.15) is 6.92 Å². The summed E-state index contributed by atoms with van der Waals surface area (Å²) in [4.78, 5) is 23.5. The molecule has 15 heavy (non-hydrogen) atoms. The molecule has 0 amide bonds. The van der Waals surface area contributed by atoms with Crippen LogP contribution < -0.4 is 0 Å². The Morgan fingerprint density at radius 2 is 1.47 bits per heavy atom. The van der Waals surface area contributed by atoms with Gasteiger partial charge in [0.1, 0.15) is 0 Å². The fraction of sp³-hybridized carbons (Fsp3) is 0.0769. The van der Waals surface area contributed by atoms with E-state index in [-0.39, 0.29) is 22.7 Å². The molecule has 0 aromatic carbocycles. The second kappa shape index (κ2) is 4.05. The number of allylic oxidation sites excluding steroid dienone is 7. The highest BCUT2D eigenvalue weighted by Crippen LogP contribution is 2.27. The van der Waals surface area contributed by atoms with Gasteiger partial charge in [-0.3, -0.25) is 9.59 Å². The lowest BCUT2D eigenvalue weighted by Gasteiger charge is -2.17. The standard InChI is InChI=1S/C13H12O2/c1-5-7-11-10(6-2)12(14)8(3)9(4)13(11)15/h5-7H,2-4H2,1H3/b7-5-. The predicted molar refractivity (Wildman–Crippen MR) is 60.3 cm³/mol. The Kier molecular flexibility index (Phi) is 3.00. The Labute approximate surface area is 89.0 Å². The summed E-state index contributed by atoms with van der Waals surface area (Å²) >= 11 is 0. The summed E-state index contributed by atoms with van der Waals surface area (Å²) < 4.78 is 0. The largest absolute Gasteiger partial charge is 0.289 e. The molecule has 76 valence electrons. The molecule has 0 radical (unpaired) electrons. The van der Waals surface area contributed by atoms with Crippen molar-refractivity contribution in [2.45, 2.75) is 6.92 Å². The van der Waals surface area contributed by atoms with Crippen molar-refractivity contribution in [2.75, 3.05) is 0 Å². The Bertz CT molecular complexity index is 445. The third-order valence-electron chi connectivity index (χ3n) is 2.23. The summed E-state index contributed by atoms with van der Waals surface area (Å²) in [5.41, 5.74) is 0.965. The van der Waals surface area contributed by atoms with E-state index in [1.165, 1.54) is 6.08 Å². The van der Waals surface area contributed by atoms with E-state index >= 15 is 0 Å². The van der Waals surface area contributed by atoms with Crippen molar-refractivity contribution in [2.24, 2.45) is 0 Å². The van der Waals surface area contributed by atoms with Crippen LogP contribution in [0, 0.1) is 0 Å². The summed E-state index contributed by atoms with van der Waals surface area (Å²) in [5, 5.41) is 0. The van der Waals surface area contributed by atoms with Crippen LogP contribution in [0.5, 0.6) is 0 Å². The van der Waals surface area contributed by atoms with E-state index in [0.29, 0.717) is 11.1 Å². The van der Waals surface area contributed by atoms with Crippen LogP contribution in [0.15, 0.2) is 60.3 Å². The van der Waals surface area contributed by atoms with Gasteiger partial charge in [-0.1, -0.05) is 38.0 Å². The van der Waals surface area contributed by atoms with Crippen molar-refractivity contribution in [3.05, 3.63) is 60.3 Å². The second-order valence-corrected chi connectivity index (χ2v) is 3.15. The first kappa shape index (κ1) is 11.1. The van der Waals surface area contributed by atoms with Crippen LogP contribution in [0.3, 0.4) is 0 Å². The molecule has 0 fully saturated rings. The summed E-state index contributed by atoms with van der Waals surface area (Å²) in [7, 11) is 0. The summed E-state index contributed by atoms with van der Waals surface area (Å²) in [6.07, 6.45) is 4.67. The van der Waals surface area contributed by atoms with E-state index < -0.39 is 0 Å². The van der Waals surface area contributed by atoms with Gasteiger partial charge in [-0.25, -0.2) is 0 Å². The number of hydrogen-bond donors (Lipinski definition) is 0. The molecule has 0 aromatic rings. The van der Waals surface area contributed by atoms with Gasteiger partial charge in [-0.15, -0.1) is 0 Å². The normalized spacial score (nSPS) is 17.9. The lowest BCUT2D eigenvalue weighted by Crippen LogP contribution is -2.22. The van der Waals surface area contributed by atoms with Gasteiger partial charge in [-0.2, -0.15) is 0 Å². The van der Waals surface area contributed by atoms with Crippen LogP contribution in [0.25, 0.3) is 0 Å². The number of carbonyl (C=O) groups excluding carboxylic acids is 2. The molecular formula is C13H12O2. The zero-order valence-corrected chi connectivity index (χ0v) is 8.67. The zero-order chi connectivity index (χ0) is 11.6. The fourth-order valence-corrected chi connectivity index (χ4v) is 1.38. The van der Waals surface area contributed by atoms with Gasteiger partial charge in [0.05, 0.1) is 0 Å². The molecule has 2 heteroatoms. The van der Waals surface area contributed by atoms with Gasteiger partial charge >= 0.3 is 0 Å². The number of Topliss-reactive ketones (excluding diaryl/α,β-unsaturated/α-hetero) is 2. The van der Waals surface area contributed by atoms with Gasteiger partial charge in [0.2, 0.25) is 0 Å². The summed E-state index contributed by atoms with van der Waals surface area (Å²) in [6.45, 7) is 12.4. The third-order valence-corrected chi connectivity index (χ3v) is 2.23. The minimum atomic E-state index is -0.275. The molecule has 0 saturated heterocycles. The predicted octanol–water partition coefficient (Wildman–Crippen LogP) is 2.31. The first-order valence-corrected chi connectivity index (χ1v) is 4.51. The van der Waals surface area contributed by atoms with Crippen molar-refractivity contribution in [3.8, 4) is 0 Å². The SMILES string of the molecule is C=CC1=C(/C=C\C)C(=O)C(=C)C(=C)C1=O. The number of hydrogen-bond acceptors (Lipinski definition) is 2. The van der Waals surface area contributed by atoms with Gasteiger partial charge in [0.15, 0.2) is 11.6 Å². The zero-order valence-electron chi connectivity index (χ0n) is 8.67. The number of carbonyl (C=O) groups is 2. The maximum atomic E-state index is 11.8. The van der Waals surface area contributed by atoms with Crippen molar-refractivity contribution in [1.29, 1.82) is 0 Å². The molecule has 0 spiro atoms. The molecule has 0 saturated carbocycles. The van der Waals surface area contributed by atoms with Crippen molar-refractivity contribution in [3.63, 3.8) is 0 Å². The molecule has 0 N–H and O–H groups in total. The lowest BCUT2D eigenvalue weighted by atomic mass is 9.83. The van der Waals surface area contributed by atoms with Crippen LogP contribution >= 0.6 is 0 Å². The lowest BCUT2D eigenvalue weighted by molar-refractivity contribution is -0.116. The molecule has 1 rings (SSSR count). The first-order chi connectivity index (χ1) is 7.04. The first-order valence-electron chi connectivity index (χ1n) is 4.51. The van der Waals surface area contributed by atoms with Crippen molar-refractivity contribution < 1.29 is 9.59 Å². The highest BCUT2D eigenvalue weighted by molar-refractivity contribution is 6.30. The minimum Gasteiger partial charge on any atom is -0.289 e. The summed E-state index contributed by atoms with van der Waals surface area (Å²) in [6, 6.07) is 0. The summed E-state index contributed by atoms with van der Waals surface area (Å²) in [5.74, 6) is -0.532. The molecule has 1 aliphatic rings. The molecule has 0 bridgehead atoms. The van der Waals surface area contributed by atoms with E-state index in [1.54, 1.807) is 19.1 Å². The van der Waals surface area contributed by atoms with Crippen molar-refractivity contribution in [1.82, 2.24) is 0 Å². The van der Waals surface area contributed by atoms with Gasteiger partial charge < -0.3 is 0 Å². The fourth-order valence-electron chi connectivity index (χ4n) is 1.38. The second-order valence-electron chi connectivity index (χ2n) is 3.15. The smallest absolute Gasteiger partial charge is 0.193 e. The van der Waals surface area contributed by atoms with Crippen LogP contribution in [-0.2, 0) is 9.59 Å². The molecule has 0 aliphatic heterocycles. The van der Waals surface area contributed by atoms with Crippen LogP contribution in [-0.4, -0.2) is 11.6 Å². The van der Waals surface area contributed by atoms with E-state index in [1.807, 2.05) is 0 Å². The molecule has 0 atom stereocenters. The molecule has 0 heterocycles. The number of ketones is 2. The maximum absolute atomic E-state index is 11.8. The molecule has 1 aliphatic carbocycles. The Hall–Kier alpha value is -1.96. The molecule has 2 nitrogen and oxygen atoms in total. The Morgan fingerprint density at radius 3 is 1.87 bits per heavy atom. The van der Waals surface area contributed by atoms with Crippen LogP contribution in [0.4, 0.5) is 0 Å². The Morgan fingerprint density at radius 1 is 1.00 bits per heavy atom. The third kappa shape index (κ3) is 1.66. The maximum Gasteiger partial charge on any atom is 0.193 e. The number of rotatable bonds is 2. The molecule has 0 aromatic heterocycles. The van der Waals surface area contributed by atoms with Gasteiger partial charge in [-0.05, 0) is 6.92 Å². The van der Waals surface area contributed by atoms with E-state index in [0.717, 1.165) is 0 Å². The van der Waals surface area contributed by atoms with Gasteiger partial charge in [0, 0.05) is 22.3 Å². The average molecular weight is 200 g/mol. The van der Waals surface area contributed by atoms with Crippen molar-refractivity contribution >= 4 is 11.6 Å². The molecular weight excluding hydrogens is 188 g/mol. The van der Waals surface area contributed by atoms with Crippen LogP contribution in [0.2, 0.25) is 0 Å². The quantitative estimate of drug-likeness (QED) is 0.641. The average Bonchev–Trinajstić information content (AvgIpc) is 2.24. The topological polar surface area (TPSA) is 34.1 Å².